The molecule has 0 aliphatic carbocycles. The first-order valence-electron chi connectivity index (χ1n) is 10.5. The van der Waals surface area contributed by atoms with Crippen molar-refractivity contribution in [2.75, 3.05) is 20.2 Å². The molecule has 0 bridgehead atoms. The number of carbonyl (C=O) groups excluding carboxylic acids is 1. The number of carbonyl (C=O) groups is 1. The molecule has 1 spiro atoms. The van der Waals surface area contributed by atoms with Crippen LogP contribution in [0, 0.1) is 12.8 Å². The van der Waals surface area contributed by atoms with Gasteiger partial charge in [0.1, 0.15) is 5.54 Å². The fraction of sp³-hybridized carbons (Fsp3) is 0.458. The largest absolute Gasteiger partial charge is 0.504 e. The Morgan fingerprint density at radius 1 is 1.24 bits per heavy atom. The van der Waals surface area contributed by atoms with Crippen LogP contribution >= 0.6 is 0 Å². The van der Waals surface area contributed by atoms with Crippen LogP contribution in [0.1, 0.15) is 42.0 Å². The minimum Gasteiger partial charge on any atom is -0.504 e. The molecule has 2 aromatic rings. The summed E-state index contributed by atoms with van der Waals surface area (Å²) in [4.78, 5) is 18.2. The molecule has 0 aromatic heterocycles. The number of hydrogen-bond acceptors (Lipinski definition) is 4. The van der Waals surface area contributed by atoms with E-state index in [-0.39, 0.29) is 17.3 Å². The summed E-state index contributed by atoms with van der Waals surface area (Å²) in [5.41, 5.74) is 3.20. The van der Waals surface area contributed by atoms with Crippen LogP contribution in [-0.2, 0) is 11.3 Å². The van der Waals surface area contributed by atoms with Crippen molar-refractivity contribution < 1.29 is 14.6 Å². The summed E-state index contributed by atoms with van der Waals surface area (Å²) in [6.45, 7) is 4.58. The molecule has 3 saturated heterocycles. The van der Waals surface area contributed by atoms with E-state index in [1.807, 2.05) is 24.3 Å². The summed E-state index contributed by atoms with van der Waals surface area (Å²) in [6.07, 6.45) is 2.96. The average molecular weight is 392 g/mol. The first kappa shape index (κ1) is 18.5. The van der Waals surface area contributed by atoms with Crippen LogP contribution < -0.4 is 4.74 Å². The second-order valence-corrected chi connectivity index (χ2v) is 8.71. The number of aryl methyl sites for hydroxylation is 1. The Kier molecular flexibility index (Phi) is 4.32. The van der Waals surface area contributed by atoms with Gasteiger partial charge in [-0.15, -0.1) is 0 Å². The number of phenolic OH excluding ortho intramolecular Hbond substituents is 1. The van der Waals surface area contributed by atoms with Crippen molar-refractivity contribution in [1.82, 2.24) is 9.80 Å². The first-order valence-corrected chi connectivity index (χ1v) is 10.5. The van der Waals surface area contributed by atoms with Gasteiger partial charge in [0.25, 0.3) is 0 Å². The maximum atomic E-state index is 13.7. The summed E-state index contributed by atoms with van der Waals surface area (Å²) in [6, 6.07) is 14.2. The molecule has 3 heterocycles. The minimum atomic E-state index is -0.358. The SMILES string of the molecule is COc1ccc([C@@H]2C[C@H]3CN(Cc4ccccc4C)C(=O)[C@]34CCCN24)cc1O. The zero-order chi connectivity index (χ0) is 20.2. The van der Waals surface area contributed by atoms with Crippen LogP contribution in [-0.4, -0.2) is 46.6 Å². The van der Waals surface area contributed by atoms with E-state index < -0.39 is 0 Å². The fourth-order valence-corrected chi connectivity index (χ4v) is 5.94. The van der Waals surface area contributed by atoms with Gasteiger partial charge in [-0.25, -0.2) is 0 Å². The maximum absolute atomic E-state index is 13.7. The number of likely N-dealkylation sites (tertiary alicyclic amines) is 1. The zero-order valence-corrected chi connectivity index (χ0v) is 17.1. The Morgan fingerprint density at radius 3 is 2.83 bits per heavy atom. The molecule has 3 aliphatic heterocycles. The van der Waals surface area contributed by atoms with E-state index >= 15 is 0 Å². The first-order chi connectivity index (χ1) is 14.0. The van der Waals surface area contributed by atoms with E-state index in [1.165, 1.54) is 11.1 Å². The number of benzene rings is 2. The quantitative estimate of drug-likeness (QED) is 0.863. The van der Waals surface area contributed by atoms with E-state index in [0.717, 1.165) is 37.9 Å². The number of phenols is 1. The lowest BCUT2D eigenvalue weighted by Crippen LogP contribution is -2.49. The molecule has 3 aliphatic rings. The second kappa shape index (κ2) is 6.77. The van der Waals surface area contributed by atoms with E-state index in [9.17, 15) is 9.90 Å². The lowest BCUT2D eigenvalue weighted by atomic mass is 9.85. The second-order valence-electron chi connectivity index (χ2n) is 8.71. The molecule has 3 fully saturated rings. The van der Waals surface area contributed by atoms with Gasteiger partial charge in [0.05, 0.1) is 7.11 Å². The molecular formula is C24H28N2O3. The van der Waals surface area contributed by atoms with Gasteiger partial charge in [-0.05, 0) is 61.6 Å². The van der Waals surface area contributed by atoms with Crippen molar-refractivity contribution in [1.29, 1.82) is 0 Å². The van der Waals surface area contributed by atoms with E-state index in [1.54, 1.807) is 7.11 Å². The van der Waals surface area contributed by atoms with Crippen LogP contribution in [0.2, 0.25) is 0 Å². The van der Waals surface area contributed by atoms with Crippen LogP contribution in [0.3, 0.4) is 0 Å². The predicted molar refractivity (Wildman–Crippen MR) is 111 cm³/mol. The van der Waals surface area contributed by atoms with Gasteiger partial charge in [-0.1, -0.05) is 30.3 Å². The highest BCUT2D eigenvalue weighted by Crippen LogP contribution is 2.56. The van der Waals surface area contributed by atoms with Crippen LogP contribution in [0.5, 0.6) is 11.5 Å². The normalized spacial score (nSPS) is 28.6. The smallest absolute Gasteiger partial charge is 0.243 e. The number of methoxy groups -OCH3 is 1. The van der Waals surface area contributed by atoms with Crippen LogP contribution in [0.25, 0.3) is 0 Å². The Balaban J connectivity index is 1.43. The molecule has 0 radical (unpaired) electrons. The van der Waals surface area contributed by atoms with Gasteiger partial charge >= 0.3 is 0 Å². The highest BCUT2D eigenvalue weighted by atomic mass is 16.5. The van der Waals surface area contributed by atoms with Gasteiger partial charge < -0.3 is 14.7 Å². The summed E-state index contributed by atoms with van der Waals surface area (Å²) in [5.74, 6) is 1.30. The molecular weight excluding hydrogens is 364 g/mol. The molecule has 5 nitrogen and oxygen atoms in total. The van der Waals surface area contributed by atoms with Gasteiger partial charge in [0.2, 0.25) is 5.91 Å². The number of nitrogens with zero attached hydrogens (tertiary/aromatic N) is 2. The van der Waals surface area contributed by atoms with Gasteiger partial charge in [-0.3, -0.25) is 9.69 Å². The van der Waals surface area contributed by atoms with E-state index in [4.69, 9.17) is 4.74 Å². The lowest BCUT2D eigenvalue weighted by Gasteiger charge is -2.34. The Bertz CT molecular complexity index is 959. The summed E-state index contributed by atoms with van der Waals surface area (Å²) in [5, 5.41) is 10.3. The average Bonchev–Trinajstić information content (AvgIpc) is 3.34. The highest BCUT2D eigenvalue weighted by molar-refractivity contribution is 5.90. The third kappa shape index (κ3) is 2.67. The molecule has 152 valence electrons. The molecule has 1 amide bonds. The highest BCUT2D eigenvalue weighted by Gasteiger charge is 2.65. The molecule has 0 saturated carbocycles. The van der Waals surface area contributed by atoms with Crippen LogP contribution in [0.4, 0.5) is 0 Å². The van der Waals surface area contributed by atoms with Crippen molar-refractivity contribution in [3.63, 3.8) is 0 Å². The maximum Gasteiger partial charge on any atom is 0.243 e. The molecule has 5 rings (SSSR count). The number of hydrogen-bond donors (Lipinski definition) is 1. The minimum absolute atomic E-state index is 0.169. The fourth-order valence-electron chi connectivity index (χ4n) is 5.94. The van der Waals surface area contributed by atoms with Crippen molar-refractivity contribution in [3.05, 3.63) is 59.2 Å². The third-order valence-electron chi connectivity index (χ3n) is 7.34. The number of ether oxygens (including phenoxy) is 1. The Labute approximate surface area is 171 Å². The lowest BCUT2D eigenvalue weighted by molar-refractivity contribution is -0.137. The third-order valence-corrected chi connectivity index (χ3v) is 7.34. The number of amides is 1. The molecule has 1 N–H and O–H groups in total. The topological polar surface area (TPSA) is 53.0 Å². The standard InChI is InChI=1S/C24H28N2O3/c1-16-6-3-4-7-18(16)14-25-15-19-13-20(17-8-9-22(29-2)21(27)12-17)26-11-5-10-24(19,26)23(25)28/h3-4,6-9,12,19-20,27H,5,10-11,13-15H2,1-2H3/t19-,20-,24-/m0/s1. The van der Waals surface area contributed by atoms with Crippen molar-refractivity contribution in [2.45, 2.75) is 44.3 Å². The van der Waals surface area contributed by atoms with Crippen LogP contribution in [0.15, 0.2) is 42.5 Å². The Hall–Kier alpha value is -2.53. The monoisotopic (exact) mass is 392 g/mol. The molecule has 5 heteroatoms. The van der Waals surface area contributed by atoms with Crippen molar-refractivity contribution in [2.24, 2.45) is 5.92 Å². The van der Waals surface area contributed by atoms with Gasteiger partial charge in [-0.2, -0.15) is 0 Å². The molecule has 0 unspecified atom stereocenters. The van der Waals surface area contributed by atoms with Crippen molar-refractivity contribution in [3.8, 4) is 11.5 Å². The van der Waals surface area contributed by atoms with E-state index in [0.29, 0.717) is 24.1 Å². The number of rotatable bonds is 4. The predicted octanol–water partition coefficient (Wildman–Crippen LogP) is 3.65. The van der Waals surface area contributed by atoms with E-state index in [2.05, 4.69) is 34.9 Å². The molecule has 29 heavy (non-hydrogen) atoms. The summed E-state index contributed by atoms with van der Waals surface area (Å²) >= 11 is 0. The summed E-state index contributed by atoms with van der Waals surface area (Å²) in [7, 11) is 1.56. The number of aromatic hydroxyl groups is 1. The zero-order valence-electron chi connectivity index (χ0n) is 17.1. The van der Waals surface area contributed by atoms with Gasteiger partial charge in [0.15, 0.2) is 11.5 Å². The van der Waals surface area contributed by atoms with Crippen molar-refractivity contribution >= 4 is 5.91 Å². The Morgan fingerprint density at radius 2 is 2.07 bits per heavy atom. The summed E-state index contributed by atoms with van der Waals surface area (Å²) < 4.78 is 5.20. The molecule has 3 atom stereocenters. The molecule has 2 aromatic carbocycles. The van der Waals surface area contributed by atoms with Gasteiger partial charge in [0, 0.05) is 25.0 Å².